The maximum atomic E-state index is 10.5. The van der Waals surface area contributed by atoms with Crippen molar-refractivity contribution in [1.82, 2.24) is 5.32 Å². The summed E-state index contributed by atoms with van der Waals surface area (Å²) in [7, 11) is 1.63. The summed E-state index contributed by atoms with van der Waals surface area (Å²) < 4.78 is 10.9. The van der Waals surface area contributed by atoms with E-state index in [1.54, 1.807) is 13.4 Å². The maximum absolute atomic E-state index is 10.5. The Morgan fingerprint density at radius 2 is 2.21 bits per heavy atom. The van der Waals surface area contributed by atoms with Crippen molar-refractivity contribution in [3.63, 3.8) is 0 Å². The van der Waals surface area contributed by atoms with E-state index in [0.717, 1.165) is 35.1 Å². The summed E-state index contributed by atoms with van der Waals surface area (Å²) in [5.41, 5.74) is 1.92. The van der Waals surface area contributed by atoms with Crippen molar-refractivity contribution in [3.05, 3.63) is 30.0 Å². The highest BCUT2D eigenvalue weighted by Crippen LogP contribution is 2.31. The van der Waals surface area contributed by atoms with Gasteiger partial charge in [0.25, 0.3) is 0 Å². The van der Waals surface area contributed by atoms with Crippen LogP contribution in [0.15, 0.2) is 28.9 Å². The highest BCUT2D eigenvalue weighted by Gasteiger charge is 2.16. The van der Waals surface area contributed by atoms with E-state index in [4.69, 9.17) is 9.15 Å². The van der Waals surface area contributed by atoms with E-state index in [1.165, 1.54) is 0 Å². The molecule has 19 heavy (non-hydrogen) atoms. The van der Waals surface area contributed by atoms with Gasteiger partial charge in [-0.1, -0.05) is 19.1 Å². The number of nitrogens with one attached hydrogen (secondary N) is 1. The third-order valence-corrected chi connectivity index (χ3v) is 3.59. The minimum Gasteiger partial charge on any atom is -0.493 e. The highest BCUT2D eigenvalue weighted by atomic mass is 16.5. The van der Waals surface area contributed by atoms with Gasteiger partial charge in [0.15, 0.2) is 11.3 Å². The summed E-state index contributed by atoms with van der Waals surface area (Å²) in [5, 5.41) is 3.87. The molecule has 1 heterocycles. The maximum Gasteiger partial charge on any atom is 0.207 e. The number of para-hydroxylation sites is 1. The smallest absolute Gasteiger partial charge is 0.207 e. The van der Waals surface area contributed by atoms with Crippen LogP contribution in [0.2, 0.25) is 0 Å². The van der Waals surface area contributed by atoms with Crippen LogP contribution in [0.4, 0.5) is 0 Å². The first-order chi connectivity index (χ1) is 9.17. The zero-order valence-electron chi connectivity index (χ0n) is 11.5. The Bertz CT molecular complexity index is 562. The van der Waals surface area contributed by atoms with Gasteiger partial charge in [0.1, 0.15) is 0 Å². The van der Waals surface area contributed by atoms with Crippen LogP contribution in [0.1, 0.15) is 19.4 Å². The number of ether oxygens (including phenoxy) is 1. The molecule has 2 aromatic rings. The SMILES string of the molecule is COc1cccc2c(CC(C)[C@H](C)NC=O)coc12. The Hall–Kier alpha value is -1.97. The van der Waals surface area contributed by atoms with Crippen molar-refractivity contribution in [3.8, 4) is 5.75 Å². The number of amides is 1. The molecule has 0 saturated heterocycles. The molecule has 0 spiro atoms. The van der Waals surface area contributed by atoms with Gasteiger partial charge >= 0.3 is 0 Å². The molecule has 1 unspecified atom stereocenters. The average Bonchev–Trinajstić information content (AvgIpc) is 2.82. The lowest BCUT2D eigenvalue weighted by molar-refractivity contribution is -0.110. The Morgan fingerprint density at radius 1 is 1.42 bits per heavy atom. The highest BCUT2D eigenvalue weighted by molar-refractivity contribution is 5.86. The molecule has 1 amide bonds. The molecular formula is C15H19NO3. The Balaban J connectivity index is 2.24. The molecule has 0 fully saturated rings. The lowest BCUT2D eigenvalue weighted by atomic mass is 9.95. The van der Waals surface area contributed by atoms with Gasteiger partial charge in [-0.25, -0.2) is 0 Å². The third-order valence-electron chi connectivity index (χ3n) is 3.59. The van der Waals surface area contributed by atoms with E-state index in [9.17, 15) is 4.79 Å². The number of rotatable bonds is 6. The fourth-order valence-electron chi connectivity index (χ4n) is 2.20. The molecule has 1 N–H and O–H groups in total. The Kier molecular flexibility index (Phi) is 4.10. The van der Waals surface area contributed by atoms with Crippen LogP contribution in [-0.2, 0) is 11.2 Å². The van der Waals surface area contributed by atoms with Crippen LogP contribution in [0.25, 0.3) is 11.0 Å². The number of furan rings is 1. The van der Waals surface area contributed by atoms with Crippen molar-refractivity contribution in [2.75, 3.05) is 7.11 Å². The van der Waals surface area contributed by atoms with Crippen molar-refractivity contribution >= 4 is 17.4 Å². The fourth-order valence-corrected chi connectivity index (χ4v) is 2.20. The topological polar surface area (TPSA) is 51.5 Å². The van der Waals surface area contributed by atoms with Crippen LogP contribution in [0.3, 0.4) is 0 Å². The van der Waals surface area contributed by atoms with Gasteiger partial charge in [-0.15, -0.1) is 0 Å². The van der Waals surface area contributed by atoms with E-state index < -0.39 is 0 Å². The molecule has 0 aliphatic carbocycles. The molecule has 0 bridgehead atoms. The zero-order valence-corrected chi connectivity index (χ0v) is 11.5. The van der Waals surface area contributed by atoms with E-state index in [1.807, 2.05) is 25.1 Å². The Labute approximate surface area is 112 Å². The van der Waals surface area contributed by atoms with Gasteiger partial charge in [0.05, 0.1) is 13.4 Å². The van der Waals surface area contributed by atoms with Crippen molar-refractivity contribution in [1.29, 1.82) is 0 Å². The zero-order chi connectivity index (χ0) is 13.8. The Morgan fingerprint density at radius 3 is 2.89 bits per heavy atom. The molecule has 102 valence electrons. The van der Waals surface area contributed by atoms with Crippen molar-refractivity contribution in [2.24, 2.45) is 5.92 Å². The first-order valence-corrected chi connectivity index (χ1v) is 6.40. The summed E-state index contributed by atoms with van der Waals surface area (Å²) >= 11 is 0. The largest absolute Gasteiger partial charge is 0.493 e. The number of benzene rings is 1. The number of hydrogen-bond donors (Lipinski definition) is 1. The first-order valence-electron chi connectivity index (χ1n) is 6.40. The van der Waals surface area contributed by atoms with Crippen LogP contribution in [-0.4, -0.2) is 19.6 Å². The van der Waals surface area contributed by atoms with E-state index in [-0.39, 0.29) is 6.04 Å². The molecule has 0 aliphatic heterocycles. The number of carbonyl (C=O) groups excluding carboxylic acids is 1. The number of carbonyl (C=O) groups is 1. The minimum absolute atomic E-state index is 0.132. The van der Waals surface area contributed by atoms with Crippen LogP contribution in [0.5, 0.6) is 5.75 Å². The van der Waals surface area contributed by atoms with Gasteiger partial charge < -0.3 is 14.5 Å². The second kappa shape index (κ2) is 5.78. The minimum atomic E-state index is 0.132. The van der Waals surface area contributed by atoms with E-state index >= 15 is 0 Å². The number of hydrogen-bond acceptors (Lipinski definition) is 3. The van der Waals surface area contributed by atoms with E-state index in [0.29, 0.717) is 5.92 Å². The quantitative estimate of drug-likeness (QED) is 0.813. The molecule has 0 aliphatic rings. The lowest BCUT2D eigenvalue weighted by Gasteiger charge is -2.18. The monoisotopic (exact) mass is 261 g/mol. The van der Waals surface area contributed by atoms with Gasteiger partial charge in [-0.05, 0) is 30.9 Å². The first kappa shape index (κ1) is 13.5. The molecule has 4 heteroatoms. The molecule has 4 nitrogen and oxygen atoms in total. The lowest BCUT2D eigenvalue weighted by Crippen LogP contribution is -2.31. The molecule has 1 aromatic carbocycles. The normalized spacial score (nSPS) is 14.1. The summed E-state index contributed by atoms with van der Waals surface area (Å²) in [4.78, 5) is 10.5. The standard InChI is InChI=1S/C15H19NO3/c1-10(11(2)16-9-17)7-12-8-19-15-13(12)5-4-6-14(15)18-3/h4-6,8-11H,7H2,1-3H3,(H,16,17)/t10?,11-/m0/s1. The van der Waals surface area contributed by atoms with Gasteiger partial charge in [-0.2, -0.15) is 0 Å². The van der Waals surface area contributed by atoms with E-state index in [2.05, 4.69) is 12.2 Å². The van der Waals surface area contributed by atoms with Crippen LogP contribution in [0, 0.1) is 5.92 Å². The van der Waals surface area contributed by atoms with Crippen molar-refractivity contribution < 1.29 is 13.9 Å². The second-order valence-corrected chi connectivity index (χ2v) is 4.85. The fraction of sp³-hybridized carbons (Fsp3) is 0.400. The second-order valence-electron chi connectivity index (χ2n) is 4.85. The van der Waals surface area contributed by atoms with Crippen LogP contribution >= 0.6 is 0 Å². The van der Waals surface area contributed by atoms with Gasteiger partial charge in [0, 0.05) is 11.4 Å². The molecular weight excluding hydrogens is 242 g/mol. The van der Waals surface area contributed by atoms with Crippen LogP contribution < -0.4 is 10.1 Å². The third kappa shape index (κ3) is 2.72. The van der Waals surface area contributed by atoms with Gasteiger partial charge in [0.2, 0.25) is 6.41 Å². The predicted molar refractivity (Wildman–Crippen MR) is 74.3 cm³/mol. The predicted octanol–water partition coefficient (Wildman–Crippen LogP) is 2.75. The van der Waals surface area contributed by atoms with Crippen molar-refractivity contribution in [2.45, 2.75) is 26.3 Å². The molecule has 1 aromatic heterocycles. The number of methoxy groups -OCH3 is 1. The summed E-state index contributed by atoms with van der Waals surface area (Å²) in [5.74, 6) is 1.08. The molecule has 2 rings (SSSR count). The summed E-state index contributed by atoms with van der Waals surface area (Å²) in [6.45, 7) is 4.11. The molecule has 0 radical (unpaired) electrons. The average molecular weight is 261 g/mol. The molecule has 0 saturated carbocycles. The summed E-state index contributed by atoms with van der Waals surface area (Å²) in [6, 6.07) is 6.00. The number of fused-ring (bicyclic) bond motifs is 1. The molecule has 2 atom stereocenters. The summed E-state index contributed by atoms with van der Waals surface area (Å²) in [6.07, 6.45) is 3.37. The van der Waals surface area contributed by atoms with Gasteiger partial charge in [-0.3, -0.25) is 4.79 Å².